The lowest BCUT2D eigenvalue weighted by molar-refractivity contribution is -0.274. The standard InChI is InChI=1S/C47H47F3O13/c1-9-40(52)58-20-11-19-57-39-23-27(4)43(31(8)29(39)6)46(56)62-38-17-16-34(24-36(38)44(54)60-25-32-12-14-33(15-13-32)63-47(48,49)50)61-45(55)42-26(3)22-35(28(5)30(42)7)37(51)18-21-59-41(53)10-2/h9-10,12-17,22-24,37,51H,1-2,11,18-21,25H2,3-8H3. The molecule has 0 aliphatic rings. The Kier molecular flexibility index (Phi) is 16.8. The number of esters is 5. The van der Waals surface area contributed by atoms with Crippen LogP contribution in [0, 0.1) is 41.5 Å². The van der Waals surface area contributed by atoms with Gasteiger partial charge in [0.05, 0.1) is 37.1 Å². The fourth-order valence-corrected chi connectivity index (χ4v) is 6.39. The minimum Gasteiger partial charge on any atom is -0.493 e. The normalized spacial score (nSPS) is 11.5. The number of carbonyl (C=O) groups excluding carboxylic acids is 5. The molecule has 1 N–H and O–H groups in total. The molecule has 334 valence electrons. The summed E-state index contributed by atoms with van der Waals surface area (Å²) in [6.45, 7) is 16.7. The number of aliphatic hydroxyl groups excluding tert-OH is 1. The highest BCUT2D eigenvalue weighted by Gasteiger charge is 2.31. The number of ether oxygens (including phenoxy) is 7. The Morgan fingerprint density at radius 2 is 1.22 bits per heavy atom. The first kappa shape index (κ1) is 48.7. The number of benzene rings is 4. The Hall–Kier alpha value is -6.94. The summed E-state index contributed by atoms with van der Waals surface area (Å²) in [5.41, 5.74) is 4.05. The van der Waals surface area contributed by atoms with Crippen LogP contribution in [0.1, 0.15) is 94.5 Å². The number of halogens is 3. The second-order valence-electron chi connectivity index (χ2n) is 14.2. The molecule has 4 aromatic rings. The minimum atomic E-state index is -4.90. The fourth-order valence-electron chi connectivity index (χ4n) is 6.39. The first-order valence-electron chi connectivity index (χ1n) is 19.5. The van der Waals surface area contributed by atoms with E-state index in [0.717, 1.165) is 30.4 Å². The lowest BCUT2D eigenvalue weighted by atomic mass is 9.90. The largest absolute Gasteiger partial charge is 0.573 e. The average Bonchev–Trinajstić information content (AvgIpc) is 3.23. The van der Waals surface area contributed by atoms with Gasteiger partial charge >= 0.3 is 36.2 Å². The molecule has 4 rings (SSSR count). The van der Waals surface area contributed by atoms with Crippen molar-refractivity contribution in [1.82, 2.24) is 0 Å². The number of hydrogen-bond donors (Lipinski definition) is 1. The van der Waals surface area contributed by atoms with Gasteiger partial charge in [-0.2, -0.15) is 0 Å². The summed E-state index contributed by atoms with van der Waals surface area (Å²) in [7, 11) is 0. The average molecular weight is 877 g/mol. The van der Waals surface area contributed by atoms with Gasteiger partial charge in [0.2, 0.25) is 0 Å². The van der Waals surface area contributed by atoms with Gasteiger partial charge in [-0.25, -0.2) is 24.0 Å². The molecule has 0 saturated heterocycles. The lowest BCUT2D eigenvalue weighted by Gasteiger charge is -2.20. The Balaban J connectivity index is 1.61. The molecule has 0 amide bonds. The van der Waals surface area contributed by atoms with E-state index in [4.69, 9.17) is 28.4 Å². The predicted molar refractivity (Wildman–Crippen MR) is 222 cm³/mol. The molecule has 0 radical (unpaired) electrons. The SMILES string of the molecule is C=CC(=O)OCCCOc1cc(C)c(C(=O)Oc2ccc(OC(=O)c3c(C)cc(C(O)CCOC(=O)C=C)c(C)c3C)cc2C(=O)OCc2ccc(OC(F)(F)F)cc2)c(C)c1C. The van der Waals surface area contributed by atoms with Crippen molar-refractivity contribution in [2.24, 2.45) is 0 Å². The van der Waals surface area contributed by atoms with Gasteiger partial charge < -0.3 is 38.3 Å². The van der Waals surface area contributed by atoms with Crippen molar-refractivity contribution in [1.29, 1.82) is 0 Å². The van der Waals surface area contributed by atoms with Crippen LogP contribution in [-0.4, -0.2) is 61.1 Å². The van der Waals surface area contributed by atoms with E-state index in [2.05, 4.69) is 17.9 Å². The predicted octanol–water partition coefficient (Wildman–Crippen LogP) is 8.88. The molecule has 0 aliphatic heterocycles. The van der Waals surface area contributed by atoms with Gasteiger partial charge in [0.15, 0.2) is 0 Å². The second-order valence-corrected chi connectivity index (χ2v) is 14.2. The van der Waals surface area contributed by atoms with E-state index < -0.39 is 54.7 Å². The highest BCUT2D eigenvalue weighted by atomic mass is 19.4. The summed E-state index contributed by atoms with van der Waals surface area (Å²) in [4.78, 5) is 64.0. The third-order valence-electron chi connectivity index (χ3n) is 9.82. The molecule has 16 heteroatoms. The van der Waals surface area contributed by atoms with Gasteiger partial charge in [0, 0.05) is 25.0 Å². The third-order valence-corrected chi connectivity index (χ3v) is 9.82. The van der Waals surface area contributed by atoms with Crippen molar-refractivity contribution in [2.45, 2.75) is 73.5 Å². The highest BCUT2D eigenvalue weighted by Crippen LogP contribution is 2.33. The van der Waals surface area contributed by atoms with Crippen LogP contribution >= 0.6 is 0 Å². The van der Waals surface area contributed by atoms with Gasteiger partial charge in [0.1, 0.15) is 35.2 Å². The molecule has 1 unspecified atom stereocenters. The van der Waals surface area contributed by atoms with Crippen LogP contribution in [0.25, 0.3) is 0 Å². The van der Waals surface area contributed by atoms with Crippen LogP contribution in [0.15, 0.2) is 79.9 Å². The van der Waals surface area contributed by atoms with Gasteiger partial charge in [-0.15, -0.1) is 13.2 Å². The quantitative estimate of drug-likeness (QED) is 0.0312. The summed E-state index contributed by atoms with van der Waals surface area (Å²) in [6, 6.07) is 11.6. The van der Waals surface area contributed by atoms with E-state index in [-0.39, 0.29) is 54.4 Å². The van der Waals surface area contributed by atoms with E-state index in [9.17, 15) is 42.3 Å². The Morgan fingerprint density at radius 1 is 0.651 bits per heavy atom. The summed E-state index contributed by atoms with van der Waals surface area (Å²) in [6.07, 6.45) is -3.36. The number of alkyl halides is 3. The van der Waals surface area contributed by atoms with Crippen molar-refractivity contribution in [3.63, 3.8) is 0 Å². The van der Waals surface area contributed by atoms with Crippen LogP contribution in [0.2, 0.25) is 0 Å². The maximum atomic E-state index is 13.8. The van der Waals surface area contributed by atoms with Crippen LogP contribution in [0.3, 0.4) is 0 Å². The lowest BCUT2D eigenvalue weighted by Crippen LogP contribution is -2.18. The zero-order chi connectivity index (χ0) is 46.6. The number of rotatable bonds is 19. The van der Waals surface area contributed by atoms with Crippen LogP contribution in [0.5, 0.6) is 23.0 Å². The van der Waals surface area contributed by atoms with E-state index in [1.54, 1.807) is 53.7 Å². The van der Waals surface area contributed by atoms with Crippen LogP contribution in [0.4, 0.5) is 13.2 Å². The van der Waals surface area contributed by atoms with E-state index in [0.29, 0.717) is 56.7 Å². The Labute approximate surface area is 362 Å². The monoisotopic (exact) mass is 876 g/mol. The van der Waals surface area contributed by atoms with Crippen LogP contribution < -0.4 is 18.9 Å². The maximum Gasteiger partial charge on any atom is 0.573 e. The zero-order valence-corrected chi connectivity index (χ0v) is 35.6. The summed E-state index contributed by atoms with van der Waals surface area (Å²) >= 11 is 0. The molecule has 0 spiro atoms. The number of aryl methyl sites for hydroxylation is 2. The molecule has 0 heterocycles. The molecule has 0 aliphatic carbocycles. The van der Waals surface area contributed by atoms with Crippen molar-refractivity contribution in [2.75, 3.05) is 19.8 Å². The van der Waals surface area contributed by atoms with Crippen molar-refractivity contribution >= 4 is 29.8 Å². The molecule has 4 aromatic carbocycles. The smallest absolute Gasteiger partial charge is 0.493 e. The van der Waals surface area contributed by atoms with Gasteiger partial charge in [-0.1, -0.05) is 31.4 Å². The fraction of sp³-hybridized carbons (Fsp3) is 0.298. The van der Waals surface area contributed by atoms with Gasteiger partial charge in [-0.05, 0) is 122 Å². The molecule has 0 bridgehead atoms. The van der Waals surface area contributed by atoms with Crippen molar-refractivity contribution < 1.29 is 75.4 Å². The number of carbonyl (C=O) groups is 5. The zero-order valence-electron chi connectivity index (χ0n) is 35.6. The third kappa shape index (κ3) is 13.3. The number of aliphatic hydroxyl groups is 1. The van der Waals surface area contributed by atoms with Crippen molar-refractivity contribution in [3.05, 3.63) is 141 Å². The molecule has 0 saturated carbocycles. The first-order chi connectivity index (χ1) is 29.7. The topological polar surface area (TPSA) is 170 Å². The highest BCUT2D eigenvalue weighted by molar-refractivity contribution is 5.99. The van der Waals surface area contributed by atoms with E-state index in [1.165, 1.54) is 24.3 Å². The number of hydrogen-bond acceptors (Lipinski definition) is 13. The van der Waals surface area contributed by atoms with E-state index in [1.807, 2.05) is 0 Å². The Morgan fingerprint density at radius 3 is 1.84 bits per heavy atom. The van der Waals surface area contributed by atoms with E-state index >= 15 is 0 Å². The summed E-state index contributed by atoms with van der Waals surface area (Å²) < 4.78 is 74.8. The summed E-state index contributed by atoms with van der Waals surface area (Å²) in [5, 5.41) is 10.9. The first-order valence-corrected chi connectivity index (χ1v) is 19.5. The Bertz CT molecular complexity index is 2380. The molecule has 13 nitrogen and oxygen atoms in total. The summed E-state index contributed by atoms with van der Waals surface area (Å²) in [5.74, 6) is -4.23. The van der Waals surface area contributed by atoms with Crippen LogP contribution in [-0.2, 0) is 30.4 Å². The molecule has 0 aromatic heterocycles. The molecular weight excluding hydrogens is 829 g/mol. The second kappa shape index (κ2) is 21.7. The molecule has 63 heavy (non-hydrogen) atoms. The van der Waals surface area contributed by atoms with Gasteiger partial charge in [-0.3, -0.25) is 0 Å². The van der Waals surface area contributed by atoms with Crippen molar-refractivity contribution in [3.8, 4) is 23.0 Å². The minimum absolute atomic E-state index is 0.0636. The molecule has 1 atom stereocenters. The van der Waals surface area contributed by atoms with Gasteiger partial charge in [0.25, 0.3) is 0 Å². The maximum absolute atomic E-state index is 13.8. The molecular formula is C47H47F3O13. The molecule has 0 fully saturated rings.